The summed E-state index contributed by atoms with van der Waals surface area (Å²) < 4.78 is 2.84. The van der Waals surface area contributed by atoms with Crippen molar-refractivity contribution in [1.82, 2.24) is 14.1 Å². The molecule has 0 aromatic carbocycles. The van der Waals surface area contributed by atoms with Crippen LogP contribution in [0.1, 0.15) is 6.92 Å². The molecule has 5 nitrogen and oxygen atoms in total. The summed E-state index contributed by atoms with van der Waals surface area (Å²) in [4.78, 5) is 16.1. The van der Waals surface area contributed by atoms with Crippen molar-refractivity contribution in [2.75, 3.05) is 5.75 Å². The molecule has 0 unspecified atom stereocenters. The molecule has 84 valence electrons. The quantitative estimate of drug-likeness (QED) is 0.599. The Labute approximate surface area is 96.6 Å². The van der Waals surface area contributed by atoms with E-state index in [0.29, 0.717) is 5.65 Å². The molecule has 0 radical (unpaired) electrons. The summed E-state index contributed by atoms with van der Waals surface area (Å²) in [6, 6.07) is 3.60. The molecule has 0 aliphatic rings. The maximum Gasteiger partial charge on any atom is 0.336 e. The van der Waals surface area contributed by atoms with Crippen molar-refractivity contribution in [2.45, 2.75) is 6.92 Å². The normalized spacial score (nSPS) is 10.9. The van der Waals surface area contributed by atoms with E-state index in [1.165, 1.54) is 20.9 Å². The van der Waals surface area contributed by atoms with Gasteiger partial charge in [0, 0.05) is 13.2 Å². The number of hydrogen-bond acceptors (Lipinski definition) is 4. The van der Waals surface area contributed by atoms with Crippen molar-refractivity contribution in [3.05, 3.63) is 28.8 Å². The number of aromatic nitrogens is 3. The summed E-state index contributed by atoms with van der Waals surface area (Å²) in [6.45, 7) is 1.95. The molecule has 0 saturated carbocycles. The zero-order valence-corrected chi connectivity index (χ0v) is 9.91. The molecule has 2 heterocycles. The van der Waals surface area contributed by atoms with E-state index in [9.17, 15) is 4.79 Å². The molecule has 6 heteroatoms. The Morgan fingerprint density at radius 3 is 3.06 bits per heavy atom. The highest BCUT2D eigenvalue weighted by Crippen LogP contribution is 2.11. The van der Waals surface area contributed by atoms with Gasteiger partial charge in [-0.25, -0.2) is 14.3 Å². The predicted octanol–water partition coefficient (Wildman–Crippen LogP) is 1.27. The van der Waals surface area contributed by atoms with Gasteiger partial charge in [0.25, 0.3) is 0 Å². The Kier molecular flexibility index (Phi) is 2.82. The van der Waals surface area contributed by atoms with Gasteiger partial charge in [-0.3, -0.25) is 9.98 Å². The molecule has 1 N–H and O–H groups in total. The number of imidazole rings is 1. The second-order valence-electron chi connectivity index (χ2n) is 3.26. The minimum atomic E-state index is -0.223. The second-order valence-corrected chi connectivity index (χ2v) is 4.51. The zero-order chi connectivity index (χ0) is 11.7. The van der Waals surface area contributed by atoms with Gasteiger partial charge in [0.15, 0.2) is 10.8 Å². The van der Waals surface area contributed by atoms with Crippen LogP contribution in [-0.2, 0) is 7.05 Å². The third kappa shape index (κ3) is 1.55. The molecule has 0 spiro atoms. The van der Waals surface area contributed by atoms with Crippen molar-refractivity contribution in [2.24, 2.45) is 7.05 Å². The summed E-state index contributed by atoms with van der Waals surface area (Å²) in [5.74, 6) is 0.758. The lowest BCUT2D eigenvalue weighted by molar-refractivity contribution is 0.863. The van der Waals surface area contributed by atoms with Gasteiger partial charge in [-0.1, -0.05) is 18.7 Å². The largest absolute Gasteiger partial charge is 0.336 e. The van der Waals surface area contributed by atoms with Crippen molar-refractivity contribution in [3.8, 4) is 0 Å². The molecule has 0 bridgehead atoms. The zero-order valence-electron chi connectivity index (χ0n) is 9.10. The summed E-state index contributed by atoms with van der Waals surface area (Å²) >= 11 is 1.32. The van der Waals surface area contributed by atoms with E-state index in [2.05, 4.69) is 4.98 Å². The molecule has 0 saturated heterocycles. The van der Waals surface area contributed by atoms with E-state index in [4.69, 9.17) is 5.41 Å². The third-order valence-corrected chi connectivity index (χ3v) is 3.05. The maximum atomic E-state index is 11.9. The van der Waals surface area contributed by atoms with Crippen molar-refractivity contribution in [1.29, 1.82) is 5.41 Å². The smallest absolute Gasteiger partial charge is 0.293 e. The number of rotatable bonds is 1. The molecule has 0 aliphatic carbocycles. The fourth-order valence-corrected chi connectivity index (χ4v) is 2.12. The lowest BCUT2D eigenvalue weighted by Crippen LogP contribution is -2.26. The van der Waals surface area contributed by atoms with Crippen LogP contribution in [0.25, 0.3) is 11.2 Å². The van der Waals surface area contributed by atoms with Gasteiger partial charge in [0.05, 0.1) is 5.52 Å². The van der Waals surface area contributed by atoms with Crippen LogP contribution in [0.5, 0.6) is 0 Å². The van der Waals surface area contributed by atoms with Crippen LogP contribution in [0.15, 0.2) is 23.1 Å². The number of nitrogens with one attached hydrogen (secondary N) is 1. The first-order valence-electron chi connectivity index (χ1n) is 4.91. The lowest BCUT2D eigenvalue weighted by Gasteiger charge is -2.01. The lowest BCUT2D eigenvalue weighted by atomic mass is 10.4. The van der Waals surface area contributed by atoms with Gasteiger partial charge in [-0.2, -0.15) is 0 Å². The summed E-state index contributed by atoms with van der Waals surface area (Å²) in [6.07, 6.45) is 1.63. The Morgan fingerprint density at radius 2 is 2.38 bits per heavy atom. The average molecular weight is 236 g/mol. The van der Waals surface area contributed by atoms with Crippen LogP contribution in [-0.4, -0.2) is 25.0 Å². The molecule has 2 aromatic heterocycles. The summed E-state index contributed by atoms with van der Waals surface area (Å²) in [7, 11) is 1.69. The van der Waals surface area contributed by atoms with Gasteiger partial charge >= 0.3 is 5.69 Å². The van der Waals surface area contributed by atoms with Crippen LogP contribution in [0.2, 0.25) is 0 Å². The molecule has 0 amide bonds. The highest BCUT2D eigenvalue weighted by Gasteiger charge is 2.14. The Morgan fingerprint density at radius 1 is 1.62 bits per heavy atom. The number of nitrogens with zero attached hydrogens (tertiary/aromatic N) is 3. The van der Waals surface area contributed by atoms with Crippen LogP contribution < -0.4 is 5.69 Å². The van der Waals surface area contributed by atoms with E-state index in [1.54, 1.807) is 19.3 Å². The molecule has 0 fully saturated rings. The SMILES string of the molecule is CCSC(=N)n1c(=O)n(C)c2cccnc21. The van der Waals surface area contributed by atoms with Crippen LogP contribution in [0, 0.1) is 5.41 Å². The summed E-state index contributed by atoms with van der Waals surface area (Å²) in [5.41, 5.74) is 1.06. The van der Waals surface area contributed by atoms with E-state index in [1.807, 2.05) is 13.0 Å². The number of thioether (sulfide) groups is 1. The molecule has 16 heavy (non-hydrogen) atoms. The maximum absolute atomic E-state index is 11.9. The molecule has 0 atom stereocenters. The molecule has 2 aromatic rings. The standard InChI is InChI=1S/C10H12N4OS/c1-3-16-9(11)14-8-7(5-4-6-12-8)13(2)10(14)15/h4-6,11H,3H2,1-2H3. The van der Waals surface area contributed by atoms with E-state index in [0.717, 1.165) is 11.3 Å². The minimum absolute atomic E-state index is 0.219. The van der Waals surface area contributed by atoms with Gasteiger partial charge in [0.2, 0.25) is 0 Å². The van der Waals surface area contributed by atoms with Gasteiger partial charge in [-0.05, 0) is 17.9 Å². The third-order valence-electron chi connectivity index (χ3n) is 2.30. The van der Waals surface area contributed by atoms with Crippen molar-refractivity contribution >= 4 is 28.1 Å². The highest BCUT2D eigenvalue weighted by molar-refractivity contribution is 8.13. The first kappa shape index (κ1) is 10.9. The van der Waals surface area contributed by atoms with Crippen molar-refractivity contribution < 1.29 is 0 Å². The van der Waals surface area contributed by atoms with Crippen LogP contribution in [0.4, 0.5) is 0 Å². The topological polar surface area (TPSA) is 63.7 Å². The second kappa shape index (κ2) is 4.13. The Bertz CT molecular complexity index is 598. The Balaban J connectivity index is 2.74. The number of fused-ring (bicyclic) bond motifs is 1. The average Bonchev–Trinajstić information content (AvgIpc) is 2.53. The molecular weight excluding hydrogens is 224 g/mol. The molecule has 2 rings (SSSR count). The van der Waals surface area contributed by atoms with E-state index < -0.39 is 0 Å². The van der Waals surface area contributed by atoms with E-state index in [-0.39, 0.29) is 10.9 Å². The molecular formula is C10H12N4OS. The van der Waals surface area contributed by atoms with E-state index >= 15 is 0 Å². The van der Waals surface area contributed by atoms with Crippen LogP contribution >= 0.6 is 11.8 Å². The summed E-state index contributed by atoms with van der Waals surface area (Å²) in [5, 5.41) is 8.06. The predicted molar refractivity (Wildman–Crippen MR) is 66.2 cm³/mol. The highest BCUT2D eigenvalue weighted by atomic mass is 32.2. The fourth-order valence-electron chi connectivity index (χ4n) is 1.55. The number of hydrogen-bond donors (Lipinski definition) is 1. The van der Waals surface area contributed by atoms with Gasteiger partial charge < -0.3 is 0 Å². The first-order chi connectivity index (χ1) is 7.66. The minimum Gasteiger partial charge on any atom is -0.293 e. The Hall–Kier alpha value is -1.56. The molecule has 0 aliphatic heterocycles. The van der Waals surface area contributed by atoms with Gasteiger partial charge in [-0.15, -0.1) is 0 Å². The number of aryl methyl sites for hydroxylation is 1. The fraction of sp³-hybridized carbons (Fsp3) is 0.300. The number of pyridine rings is 1. The van der Waals surface area contributed by atoms with Crippen LogP contribution in [0.3, 0.4) is 0 Å². The van der Waals surface area contributed by atoms with Gasteiger partial charge in [0.1, 0.15) is 0 Å². The first-order valence-corrected chi connectivity index (χ1v) is 5.89. The van der Waals surface area contributed by atoms with Crippen molar-refractivity contribution in [3.63, 3.8) is 0 Å². The monoisotopic (exact) mass is 236 g/mol.